The third kappa shape index (κ3) is 5.68. The predicted molar refractivity (Wildman–Crippen MR) is 109 cm³/mol. The molecule has 0 spiro atoms. The molecule has 0 amide bonds. The van der Waals surface area contributed by atoms with Gasteiger partial charge >= 0.3 is 5.97 Å². The summed E-state index contributed by atoms with van der Waals surface area (Å²) in [5.74, 6) is 0.454. The maximum absolute atomic E-state index is 11.3. The van der Waals surface area contributed by atoms with Gasteiger partial charge in [-0.25, -0.2) is 0 Å². The average Bonchev–Trinajstić information content (AvgIpc) is 2.64. The summed E-state index contributed by atoms with van der Waals surface area (Å²) < 4.78 is 15.7. The van der Waals surface area contributed by atoms with Gasteiger partial charge in [-0.3, -0.25) is 10.2 Å². The number of hydrogen-bond donors (Lipinski definition) is 2. The zero-order chi connectivity index (χ0) is 19.8. The first-order chi connectivity index (χ1) is 12.9. The Bertz CT molecular complexity index is 843. The molecule has 0 saturated heterocycles. The fourth-order valence-electron chi connectivity index (χ4n) is 2.25. The molecule has 0 radical (unpaired) electrons. The molecule has 8 heteroatoms. The maximum atomic E-state index is 11.3. The van der Waals surface area contributed by atoms with Crippen molar-refractivity contribution in [2.24, 2.45) is 5.10 Å². The number of methoxy groups -OCH3 is 2. The molecular formula is C19H21N3O4S. The van der Waals surface area contributed by atoms with E-state index in [-0.39, 0.29) is 5.75 Å². The van der Waals surface area contributed by atoms with Crippen LogP contribution in [0.25, 0.3) is 0 Å². The molecule has 27 heavy (non-hydrogen) atoms. The number of rotatable bonds is 6. The predicted octanol–water partition coefficient (Wildman–Crippen LogP) is 3.26. The van der Waals surface area contributed by atoms with E-state index in [9.17, 15) is 4.79 Å². The number of para-hydroxylation sites is 1. The van der Waals surface area contributed by atoms with Crippen molar-refractivity contribution in [2.75, 3.05) is 19.5 Å². The molecule has 0 unspecified atom stereocenters. The summed E-state index contributed by atoms with van der Waals surface area (Å²) in [7, 11) is 2.95. The molecule has 0 atom stereocenters. The molecule has 0 heterocycles. The van der Waals surface area contributed by atoms with Crippen molar-refractivity contribution in [1.82, 2.24) is 5.43 Å². The highest BCUT2D eigenvalue weighted by Crippen LogP contribution is 2.38. The van der Waals surface area contributed by atoms with E-state index in [4.69, 9.17) is 26.4 Å². The second-order valence-electron chi connectivity index (χ2n) is 5.49. The smallest absolute Gasteiger partial charge is 0.308 e. The van der Waals surface area contributed by atoms with E-state index in [1.54, 1.807) is 18.3 Å². The number of hydrazone groups is 1. The van der Waals surface area contributed by atoms with Gasteiger partial charge in [0.05, 0.1) is 20.4 Å². The number of hydrogen-bond acceptors (Lipinski definition) is 6. The number of nitrogens with zero attached hydrogens (tertiary/aromatic N) is 1. The van der Waals surface area contributed by atoms with Crippen molar-refractivity contribution in [3.8, 4) is 17.2 Å². The summed E-state index contributed by atoms with van der Waals surface area (Å²) in [6.45, 7) is 3.29. The van der Waals surface area contributed by atoms with E-state index in [0.717, 1.165) is 11.3 Å². The zero-order valence-corrected chi connectivity index (χ0v) is 16.3. The Balaban J connectivity index is 2.11. The summed E-state index contributed by atoms with van der Waals surface area (Å²) in [6.07, 6.45) is 1.55. The average molecular weight is 387 g/mol. The second kappa shape index (κ2) is 9.54. The number of ether oxygens (including phenoxy) is 3. The lowest BCUT2D eigenvalue weighted by atomic mass is 10.2. The van der Waals surface area contributed by atoms with Gasteiger partial charge in [0.1, 0.15) is 0 Å². The Morgan fingerprint density at radius 3 is 2.33 bits per heavy atom. The summed E-state index contributed by atoms with van der Waals surface area (Å²) >= 11 is 5.23. The van der Waals surface area contributed by atoms with Crippen LogP contribution in [0, 0.1) is 6.92 Å². The van der Waals surface area contributed by atoms with E-state index < -0.39 is 5.97 Å². The Morgan fingerprint density at radius 1 is 1.15 bits per heavy atom. The normalized spacial score (nSPS) is 10.4. The van der Waals surface area contributed by atoms with Crippen LogP contribution in [0.2, 0.25) is 0 Å². The first-order valence-electron chi connectivity index (χ1n) is 8.04. The molecule has 2 aromatic carbocycles. The van der Waals surface area contributed by atoms with Crippen molar-refractivity contribution in [1.29, 1.82) is 0 Å². The minimum Gasteiger partial charge on any atom is -0.493 e. The molecular weight excluding hydrogens is 366 g/mol. The molecule has 142 valence electrons. The molecule has 0 aliphatic heterocycles. The van der Waals surface area contributed by atoms with Crippen LogP contribution in [0.5, 0.6) is 17.2 Å². The van der Waals surface area contributed by atoms with E-state index in [1.807, 2.05) is 31.2 Å². The van der Waals surface area contributed by atoms with Crippen LogP contribution in [0.3, 0.4) is 0 Å². The quantitative estimate of drug-likeness (QED) is 0.259. The molecule has 0 fully saturated rings. The Hall–Kier alpha value is -3.13. The third-order valence-electron chi connectivity index (χ3n) is 3.50. The van der Waals surface area contributed by atoms with Crippen molar-refractivity contribution in [3.05, 3.63) is 47.5 Å². The molecule has 0 saturated carbocycles. The highest BCUT2D eigenvalue weighted by atomic mass is 32.1. The SMILES string of the molecule is COc1cc(/C=N\NC(=S)Nc2ccccc2C)cc(OC)c1OC(C)=O. The Morgan fingerprint density at radius 2 is 1.78 bits per heavy atom. The minimum atomic E-state index is -0.470. The first-order valence-corrected chi connectivity index (χ1v) is 8.45. The number of thiocarbonyl (C=S) groups is 1. The number of carbonyl (C=O) groups is 1. The van der Waals surface area contributed by atoms with Crippen LogP contribution >= 0.6 is 12.2 Å². The standard InChI is InChI=1S/C19H21N3O4S/c1-12-7-5-6-8-15(12)21-19(27)22-20-11-14-9-16(24-3)18(26-13(2)23)17(10-14)25-4/h5-11H,1-4H3,(H2,21,22,27)/b20-11-. The Kier molecular flexibility index (Phi) is 7.13. The van der Waals surface area contributed by atoms with E-state index in [0.29, 0.717) is 22.2 Å². The maximum Gasteiger partial charge on any atom is 0.308 e. The van der Waals surface area contributed by atoms with Crippen LogP contribution < -0.4 is 25.0 Å². The number of benzene rings is 2. The molecule has 0 bridgehead atoms. The summed E-state index contributed by atoms with van der Waals surface area (Å²) in [6, 6.07) is 11.1. The number of esters is 1. The molecule has 0 aliphatic carbocycles. The van der Waals surface area contributed by atoms with Crippen molar-refractivity contribution < 1.29 is 19.0 Å². The van der Waals surface area contributed by atoms with Crippen LogP contribution in [0.15, 0.2) is 41.5 Å². The summed E-state index contributed by atoms with van der Waals surface area (Å²) in [5.41, 5.74) is 5.40. The lowest BCUT2D eigenvalue weighted by molar-refractivity contribution is -0.132. The molecule has 2 rings (SSSR count). The first kappa shape index (κ1) is 20.2. The number of carbonyl (C=O) groups excluding carboxylic acids is 1. The molecule has 2 N–H and O–H groups in total. The van der Waals surface area contributed by atoms with Gasteiger partial charge in [0.2, 0.25) is 5.75 Å². The largest absolute Gasteiger partial charge is 0.493 e. The van der Waals surface area contributed by atoms with Gasteiger partial charge in [0.25, 0.3) is 0 Å². The van der Waals surface area contributed by atoms with E-state index in [2.05, 4.69) is 15.8 Å². The summed E-state index contributed by atoms with van der Waals surface area (Å²) in [4.78, 5) is 11.3. The molecule has 7 nitrogen and oxygen atoms in total. The van der Waals surface area contributed by atoms with Gasteiger partial charge in [0.15, 0.2) is 16.6 Å². The van der Waals surface area contributed by atoms with Crippen LogP contribution in [-0.2, 0) is 4.79 Å². The van der Waals surface area contributed by atoms with Crippen molar-refractivity contribution in [3.63, 3.8) is 0 Å². The monoisotopic (exact) mass is 387 g/mol. The fourth-order valence-corrected chi connectivity index (χ4v) is 2.41. The topological polar surface area (TPSA) is 81.2 Å². The number of nitrogens with one attached hydrogen (secondary N) is 2. The third-order valence-corrected chi connectivity index (χ3v) is 3.70. The van der Waals surface area contributed by atoms with Gasteiger partial charge in [0, 0.05) is 18.2 Å². The van der Waals surface area contributed by atoms with Crippen molar-refractivity contribution >= 4 is 35.2 Å². The van der Waals surface area contributed by atoms with Crippen molar-refractivity contribution in [2.45, 2.75) is 13.8 Å². The molecule has 0 aliphatic rings. The van der Waals surface area contributed by atoms with E-state index >= 15 is 0 Å². The van der Waals surface area contributed by atoms with Gasteiger partial charge in [-0.2, -0.15) is 5.10 Å². The second-order valence-corrected chi connectivity index (χ2v) is 5.90. The fraction of sp³-hybridized carbons (Fsp3) is 0.211. The zero-order valence-electron chi connectivity index (χ0n) is 15.5. The van der Waals surface area contributed by atoms with Crippen LogP contribution in [0.1, 0.15) is 18.1 Å². The van der Waals surface area contributed by atoms with Gasteiger partial charge in [-0.05, 0) is 42.9 Å². The highest BCUT2D eigenvalue weighted by Gasteiger charge is 2.15. The van der Waals surface area contributed by atoms with Crippen LogP contribution in [0.4, 0.5) is 5.69 Å². The summed E-state index contributed by atoms with van der Waals surface area (Å²) in [5, 5.41) is 7.54. The Labute approximate surface area is 163 Å². The highest BCUT2D eigenvalue weighted by molar-refractivity contribution is 7.80. The molecule has 2 aromatic rings. The van der Waals surface area contributed by atoms with E-state index in [1.165, 1.54) is 21.1 Å². The lowest BCUT2D eigenvalue weighted by Gasteiger charge is -2.13. The lowest BCUT2D eigenvalue weighted by Crippen LogP contribution is -2.24. The number of aryl methyl sites for hydroxylation is 1. The minimum absolute atomic E-state index is 0.217. The van der Waals surface area contributed by atoms with Gasteiger partial charge in [-0.1, -0.05) is 18.2 Å². The van der Waals surface area contributed by atoms with Gasteiger partial charge < -0.3 is 19.5 Å². The van der Waals surface area contributed by atoms with Crippen LogP contribution in [-0.4, -0.2) is 31.5 Å². The number of anilines is 1. The van der Waals surface area contributed by atoms with Gasteiger partial charge in [-0.15, -0.1) is 0 Å². The molecule has 0 aromatic heterocycles.